The summed E-state index contributed by atoms with van der Waals surface area (Å²) in [5.74, 6) is 1.61. The molecule has 0 aliphatic rings. The van der Waals surface area contributed by atoms with Crippen molar-refractivity contribution < 1.29 is 14.3 Å². The van der Waals surface area contributed by atoms with Crippen molar-refractivity contribution in [1.82, 2.24) is 5.32 Å². The lowest BCUT2D eigenvalue weighted by Crippen LogP contribution is -2.31. The maximum atomic E-state index is 11.6. The van der Waals surface area contributed by atoms with Gasteiger partial charge in [-0.05, 0) is 24.5 Å². The minimum Gasteiger partial charge on any atom is -0.490 e. The molecule has 0 radical (unpaired) electrons. The Morgan fingerprint density at radius 2 is 1.84 bits per heavy atom. The minimum atomic E-state index is -0.112. The number of para-hydroxylation sites is 2. The second-order valence-electron chi connectivity index (χ2n) is 4.78. The summed E-state index contributed by atoms with van der Waals surface area (Å²) >= 11 is 0. The molecule has 0 atom stereocenters. The third-order valence-corrected chi connectivity index (χ3v) is 2.38. The number of carbonyl (C=O) groups excluding carboxylic acids is 1. The standard InChI is InChI=1S/C15H23NO3/c1-4-9-18-13-7-5-6-8-14(13)19-11-15(17)16-10-12(2)3/h5-8,12H,4,9-11H2,1-3H3,(H,16,17). The van der Waals surface area contributed by atoms with Crippen molar-refractivity contribution in [3.8, 4) is 11.5 Å². The monoisotopic (exact) mass is 265 g/mol. The second kappa shape index (κ2) is 8.40. The Morgan fingerprint density at radius 3 is 2.42 bits per heavy atom. The molecule has 0 aliphatic heterocycles. The van der Waals surface area contributed by atoms with Gasteiger partial charge in [0.1, 0.15) is 0 Å². The molecule has 1 N–H and O–H groups in total. The van der Waals surface area contributed by atoms with Gasteiger partial charge in [0.2, 0.25) is 0 Å². The van der Waals surface area contributed by atoms with Crippen molar-refractivity contribution in [3.05, 3.63) is 24.3 Å². The molecule has 1 aromatic carbocycles. The molecule has 0 fully saturated rings. The Balaban J connectivity index is 2.45. The van der Waals surface area contributed by atoms with E-state index in [0.29, 0.717) is 30.6 Å². The van der Waals surface area contributed by atoms with Gasteiger partial charge in [0, 0.05) is 6.54 Å². The van der Waals surface area contributed by atoms with Crippen molar-refractivity contribution in [2.75, 3.05) is 19.8 Å². The molecule has 0 aliphatic carbocycles. The van der Waals surface area contributed by atoms with E-state index in [-0.39, 0.29) is 12.5 Å². The summed E-state index contributed by atoms with van der Waals surface area (Å²) in [7, 11) is 0. The Bertz CT molecular complexity index is 391. The van der Waals surface area contributed by atoms with E-state index in [1.54, 1.807) is 6.07 Å². The number of hydrogen-bond donors (Lipinski definition) is 1. The van der Waals surface area contributed by atoms with E-state index < -0.39 is 0 Å². The summed E-state index contributed by atoms with van der Waals surface area (Å²) in [6.07, 6.45) is 0.934. The Morgan fingerprint density at radius 1 is 1.21 bits per heavy atom. The molecule has 1 rings (SSSR count). The van der Waals surface area contributed by atoms with Crippen LogP contribution in [0.2, 0.25) is 0 Å². The number of carbonyl (C=O) groups is 1. The van der Waals surface area contributed by atoms with Gasteiger partial charge in [-0.25, -0.2) is 0 Å². The fourth-order valence-corrected chi connectivity index (χ4v) is 1.41. The lowest BCUT2D eigenvalue weighted by atomic mass is 10.2. The first-order valence-electron chi connectivity index (χ1n) is 6.74. The molecular formula is C15H23NO3. The fraction of sp³-hybridized carbons (Fsp3) is 0.533. The first kappa shape index (κ1) is 15.3. The average Bonchev–Trinajstić information content (AvgIpc) is 2.41. The molecule has 1 amide bonds. The Hall–Kier alpha value is -1.71. The molecule has 0 aromatic heterocycles. The van der Waals surface area contributed by atoms with E-state index in [9.17, 15) is 4.79 Å². The van der Waals surface area contributed by atoms with Crippen LogP contribution in [0.5, 0.6) is 11.5 Å². The first-order valence-corrected chi connectivity index (χ1v) is 6.74. The smallest absolute Gasteiger partial charge is 0.257 e. The highest BCUT2D eigenvalue weighted by Crippen LogP contribution is 2.26. The predicted octanol–water partition coefficient (Wildman–Crippen LogP) is 2.63. The summed E-state index contributed by atoms with van der Waals surface area (Å²) in [5.41, 5.74) is 0. The van der Waals surface area contributed by atoms with Crippen LogP contribution in [0.1, 0.15) is 27.2 Å². The van der Waals surface area contributed by atoms with E-state index >= 15 is 0 Å². The van der Waals surface area contributed by atoms with E-state index in [0.717, 1.165) is 6.42 Å². The molecule has 4 nitrogen and oxygen atoms in total. The van der Waals surface area contributed by atoms with Gasteiger partial charge in [-0.1, -0.05) is 32.9 Å². The van der Waals surface area contributed by atoms with Crippen LogP contribution >= 0.6 is 0 Å². The third-order valence-electron chi connectivity index (χ3n) is 2.38. The highest BCUT2D eigenvalue weighted by atomic mass is 16.5. The van der Waals surface area contributed by atoms with Crippen LogP contribution < -0.4 is 14.8 Å². The lowest BCUT2D eigenvalue weighted by molar-refractivity contribution is -0.123. The molecule has 0 saturated heterocycles. The van der Waals surface area contributed by atoms with Crippen LogP contribution in [-0.4, -0.2) is 25.7 Å². The largest absolute Gasteiger partial charge is 0.490 e. The maximum Gasteiger partial charge on any atom is 0.257 e. The third kappa shape index (κ3) is 6.13. The summed E-state index contributed by atoms with van der Waals surface area (Å²) in [6, 6.07) is 7.40. The summed E-state index contributed by atoms with van der Waals surface area (Å²) in [5, 5.41) is 2.81. The van der Waals surface area contributed by atoms with Gasteiger partial charge in [0.05, 0.1) is 6.61 Å². The fourth-order valence-electron chi connectivity index (χ4n) is 1.41. The number of ether oxygens (including phenoxy) is 2. The Kier molecular flexibility index (Phi) is 6.79. The second-order valence-corrected chi connectivity index (χ2v) is 4.78. The van der Waals surface area contributed by atoms with Crippen LogP contribution in [0.25, 0.3) is 0 Å². The van der Waals surface area contributed by atoms with E-state index in [1.165, 1.54) is 0 Å². The van der Waals surface area contributed by atoms with Crippen molar-refractivity contribution in [2.24, 2.45) is 5.92 Å². The minimum absolute atomic E-state index is 0.0131. The zero-order valence-corrected chi connectivity index (χ0v) is 11.9. The summed E-state index contributed by atoms with van der Waals surface area (Å²) in [6.45, 7) is 7.46. The van der Waals surface area contributed by atoms with Gasteiger partial charge in [0.15, 0.2) is 18.1 Å². The van der Waals surface area contributed by atoms with Crippen molar-refractivity contribution in [3.63, 3.8) is 0 Å². The maximum absolute atomic E-state index is 11.6. The molecule has 106 valence electrons. The van der Waals surface area contributed by atoms with E-state index in [4.69, 9.17) is 9.47 Å². The van der Waals surface area contributed by atoms with Crippen molar-refractivity contribution in [2.45, 2.75) is 27.2 Å². The molecule has 0 heterocycles. The highest BCUT2D eigenvalue weighted by Gasteiger charge is 2.07. The zero-order valence-electron chi connectivity index (χ0n) is 11.9. The molecule has 0 unspecified atom stereocenters. The highest BCUT2D eigenvalue weighted by molar-refractivity contribution is 5.77. The van der Waals surface area contributed by atoms with Gasteiger partial charge in [-0.2, -0.15) is 0 Å². The van der Waals surface area contributed by atoms with Gasteiger partial charge in [0.25, 0.3) is 5.91 Å². The van der Waals surface area contributed by atoms with Gasteiger partial charge in [-0.3, -0.25) is 4.79 Å². The first-order chi connectivity index (χ1) is 9.13. The molecule has 0 saturated carbocycles. The predicted molar refractivity (Wildman–Crippen MR) is 75.6 cm³/mol. The zero-order chi connectivity index (χ0) is 14.1. The molecular weight excluding hydrogens is 242 g/mol. The normalized spacial score (nSPS) is 10.3. The molecule has 1 aromatic rings. The van der Waals surface area contributed by atoms with E-state index in [1.807, 2.05) is 25.1 Å². The summed E-state index contributed by atoms with van der Waals surface area (Å²) < 4.78 is 11.1. The molecule has 0 bridgehead atoms. The van der Waals surface area contributed by atoms with Gasteiger partial charge < -0.3 is 14.8 Å². The van der Waals surface area contributed by atoms with Crippen LogP contribution in [0.3, 0.4) is 0 Å². The molecule has 0 spiro atoms. The molecule has 19 heavy (non-hydrogen) atoms. The summed E-state index contributed by atoms with van der Waals surface area (Å²) in [4.78, 5) is 11.6. The number of nitrogens with one attached hydrogen (secondary N) is 1. The average molecular weight is 265 g/mol. The number of hydrogen-bond acceptors (Lipinski definition) is 3. The van der Waals surface area contributed by atoms with Crippen LogP contribution in [0.4, 0.5) is 0 Å². The molecule has 4 heteroatoms. The lowest BCUT2D eigenvalue weighted by Gasteiger charge is -2.12. The van der Waals surface area contributed by atoms with Crippen LogP contribution in [0, 0.1) is 5.92 Å². The number of rotatable bonds is 8. The quantitative estimate of drug-likeness (QED) is 0.786. The van der Waals surface area contributed by atoms with Crippen molar-refractivity contribution >= 4 is 5.91 Å². The van der Waals surface area contributed by atoms with Gasteiger partial charge in [-0.15, -0.1) is 0 Å². The Labute approximate surface area is 115 Å². The van der Waals surface area contributed by atoms with Crippen LogP contribution in [0.15, 0.2) is 24.3 Å². The van der Waals surface area contributed by atoms with E-state index in [2.05, 4.69) is 19.2 Å². The van der Waals surface area contributed by atoms with Gasteiger partial charge >= 0.3 is 0 Å². The van der Waals surface area contributed by atoms with Crippen molar-refractivity contribution in [1.29, 1.82) is 0 Å². The topological polar surface area (TPSA) is 47.6 Å². The number of amides is 1. The van der Waals surface area contributed by atoms with Crippen LogP contribution in [-0.2, 0) is 4.79 Å². The SMILES string of the molecule is CCCOc1ccccc1OCC(=O)NCC(C)C. The number of benzene rings is 1.